The van der Waals surface area contributed by atoms with Gasteiger partial charge >= 0.3 is 5.97 Å². The Bertz CT molecular complexity index is 933. The summed E-state index contributed by atoms with van der Waals surface area (Å²) in [6.07, 6.45) is 4.76. The van der Waals surface area contributed by atoms with Crippen LogP contribution in [0.5, 0.6) is 0 Å². The molecule has 1 fully saturated rings. The second kappa shape index (κ2) is 7.12. The van der Waals surface area contributed by atoms with Gasteiger partial charge in [-0.05, 0) is 31.0 Å². The van der Waals surface area contributed by atoms with Gasteiger partial charge in [-0.15, -0.1) is 0 Å². The van der Waals surface area contributed by atoms with Gasteiger partial charge in [0.25, 0.3) is 0 Å². The normalized spacial score (nSPS) is 15.0. The molecule has 1 saturated heterocycles. The van der Waals surface area contributed by atoms with Crippen LogP contribution in [0.2, 0.25) is 0 Å². The fourth-order valence-corrected chi connectivity index (χ4v) is 3.47. The van der Waals surface area contributed by atoms with Gasteiger partial charge in [-0.3, -0.25) is 0 Å². The third-order valence-corrected chi connectivity index (χ3v) is 4.85. The highest BCUT2D eigenvalue weighted by Crippen LogP contribution is 2.31. The molecule has 5 nitrogen and oxygen atoms in total. The Morgan fingerprint density at radius 2 is 1.62 bits per heavy atom. The summed E-state index contributed by atoms with van der Waals surface area (Å²) in [7, 11) is 0. The molecule has 2 heterocycles. The van der Waals surface area contributed by atoms with Crippen molar-refractivity contribution < 1.29 is 9.90 Å². The van der Waals surface area contributed by atoms with Gasteiger partial charge in [-0.25, -0.2) is 14.8 Å². The molecule has 5 heteroatoms. The molecule has 0 spiro atoms. The Morgan fingerprint density at radius 3 is 2.31 bits per heavy atom. The fourth-order valence-electron chi connectivity index (χ4n) is 3.47. The average Bonchev–Trinajstić information content (AvgIpc) is 2.96. The molecule has 0 radical (unpaired) electrons. The summed E-state index contributed by atoms with van der Waals surface area (Å²) in [4.78, 5) is 23.3. The van der Waals surface area contributed by atoms with E-state index >= 15 is 0 Å². The third kappa shape index (κ3) is 3.25. The first-order valence-electron chi connectivity index (χ1n) is 9.08. The van der Waals surface area contributed by atoms with E-state index in [0.29, 0.717) is 11.0 Å². The molecule has 0 atom stereocenters. The predicted octanol–water partition coefficient (Wildman–Crippen LogP) is 4.38. The number of benzene rings is 2. The van der Waals surface area contributed by atoms with Crippen molar-refractivity contribution in [3.8, 4) is 11.3 Å². The number of fused-ring (bicyclic) bond motifs is 1. The van der Waals surface area contributed by atoms with E-state index in [1.807, 2.05) is 30.3 Å². The van der Waals surface area contributed by atoms with E-state index in [1.165, 1.54) is 12.8 Å². The van der Waals surface area contributed by atoms with E-state index in [1.54, 1.807) is 18.2 Å². The summed E-state index contributed by atoms with van der Waals surface area (Å²) in [5, 5.41) is 9.27. The highest BCUT2D eigenvalue weighted by molar-refractivity contribution is 5.93. The van der Waals surface area contributed by atoms with Crippen LogP contribution in [-0.2, 0) is 0 Å². The lowest BCUT2D eigenvalue weighted by Gasteiger charge is -2.24. The van der Waals surface area contributed by atoms with Gasteiger partial charge in [0.15, 0.2) is 5.82 Å². The quantitative estimate of drug-likeness (QED) is 0.762. The molecule has 2 aromatic carbocycles. The molecule has 1 N–H and O–H groups in total. The number of aromatic nitrogens is 2. The Morgan fingerprint density at radius 1 is 0.885 bits per heavy atom. The smallest absolute Gasteiger partial charge is 0.335 e. The summed E-state index contributed by atoms with van der Waals surface area (Å²) in [6, 6.07) is 15.0. The molecule has 3 aromatic rings. The number of anilines is 1. The Hall–Kier alpha value is -2.95. The van der Waals surface area contributed by atoms with E-state index < -0.39 is 5.97 Å². The molecular weight excluding hydrogens is 326 g/mol. The van der Waals surface area contributed by atoms with Crippen molar-refractivity contribution in [2.24, 2.45) is 0 Å². The van der Waals surface area contributed by atoms with Gasteiger partial charge in [0.2, 0.25) is 0 Å². The van der Waals surface area contributed by atoms with E-state index in [9.17, 15) is 9.90 Å². The monoisotopic (exact) mass is 347 g/mol. The predicted molar refractivity (Wildman–Crippen MR) is 103 cm³/mol. The van der Waals surface area contributed by atoms with E-state index in [4.69, 9.17) is 9.97 Å². The maximum Gasteiger partial charge on any atom is 0.335 e. The maximum atomic E-state index is 11.3. The Balaban J connectivity index is 1.90. The zero-order chi connectivity index (χ0) is 17.9. The summed E-state index contributed by atoms with van der Waals surface area (Å²) in [6.45, 7) is 1.91. The van der Waals surface area contributed by atoms with Crippen molar-refractivity contribution in [3.05, 3.63) is 54.1 Å². The molecular formula is C21H21N3O2. The van der Waals surface area contributed by atoms with Crippen LogP contribution in [0, 0.1) is 0 Å². The van der Waals surface area contributed by atoms with Crippen molar-refractivity contribution in [1.29, 1.82) is 0 Å². The number of carboxylic acids is 1. The van der Waals surface area contributed by atoms with Gasteiger partial charge in [0, 0.05) is 18.7 Å². The lowest BCUT2D eigenvalue weighted by Crippen LogP contribution is -2.26. The number of carbonyl (C=O) groups is 1. The molecule has 0 aliphatic carbocycles. The molecule has 1 aliphatic rings. The molecule has 0 saturated carbocycles. The fraction of sp³-hybridized carbons (Fsp3) is 0.286. The molecule has 0 unspecified atom stereocenters. The molecule has 0 bridgehead atoms. The van der Waals surface area contributed by atoms with Crippen molar-refractivity contribution >= 4 is 22.8 Å². The van der Waals surface area contributed by atoms with Crippen LogP contribution < -0.4 is 4.90 Å². The summed E-state index contributed by atoms with van der Waals surface area (Å²) in [5.74, 6) is -0.0923. The molecule has 132 valence electrons. The van der Waals surface area contributed by atoms with Crippen LogP contribution >= 0.6 is 0 Å². The maximum absolute atomic E-state index is 11.3. The van der Waals surface area contributed by atoms with Crippen LogP contribution in [0.25, 0.3) is 22.3 Å². The molecule has 1 aromatic heterocycles. The minimum atomic E-state index is -0.947. The van der Waals surface area contributed by atoms with E-state index in [-0.39, 0.29) is 5.56 Å². The van der Waals surface area contributed by atoms with Crippen molar-refractivity contribution in [2.75, 3.05) is 18.0 Å². The number of aromatic carboxylic acids is 1. The molecule has 26 heavy (non-hydrogen) atoms. The minimum absolute atomic E-state index is 0.237. The highest BCUT2D eigenvalue weighted by Gasteiger charge is 2.19. The summed E-state index contributed by atoms with van der Waals surface area (Å²) >= 11 is 0. The van der Waals surface area contributed by atoms with Crippen LogP contribution in [0.1, 0.15) is 36.0 Å². The Labute approximate surface area is 152 Å². The lowest BCUT2D eigenvalue weighted by molar-refractivity contribution is 0.0697. The van der Waals surface area contributed by atoms with Gasteiger partial charge in [0.05, 0.1) is 16.6 Å². The van der Waals surface area contributed by atoms with E-state index in [0.717, 1.165) is 43.0 Å². The number of carboxylic acid groups (broad SMARTS) is 1. The third-order valence-electron chi connectivity index (χ3n) is 4.85. The average molecular weight is 347 g/mol. The number of hydrogen-bond acceptors (Lipinski definition) is 4. The first-order chi connectivity index (χ1) is 12.7. The highest BCUT2D eigenvalue weighted by atomic mass is 16.4. The largest absolute Gasteiger partial charge is 0.478 e. The van der Waals surface area contributed by atoms with Crippen molar-refractivity contribution in [1.82, 2.24) is 9.97 Å². The van der Waals surface area contributed by atoms with E-state index in [2.05, 4.69) is 4.90 Å². The number of rotatable bonds is 3. The van der Waals surface area contributed by atoms with Gasteiger partial charge in [0.1, 0.15) is 5.69 Å². The second-order valence-electron chi connectivity index (χ2n) is 6.67. The van der Waals surface area contributed by atoms with Crippen LogP contribution in [0.3, 0.4) is 0 Å². The number of nitrogens with zero attached hydrogens (tertiary/aromatic N) is 3. The standard InChI is InChI=1S/C21H21N3O2/c25-21(26)16-10-11-17-18(14-16)23-20(24-12-6-1-2-7-13-24)19(22-17)15-8-4-3-5-9-15/h3-5,8-11,14H,1-2,6-7,12-13H2,(H,25,26). The van der Waals surface area contributed by atoms with Crippen molar-refractivity contribution in [3.63, 3.8) is 0 Å². The van der Waals surface area contributed by atoms with Gasteiger partial charge < -0.3 is 10.0 Å². The SMILES string of the molecule is O=C(O)c1ccc2nc(-c3ccccc3)c(N3CCCCCC3)nc2c1. The second-order valence-corrected chi connectivity index (χ2v) is 6.67. The Kier molecular flexibility index (Phi) is 4.52. The van der Waals surface area contributed by atoms with Crippen LogP contribution in [0.4, 0.5) is 5.82 Å². The lowest BCUT2D eigenvalue weighted by atomic mass is 10.1. The van der Waals surface area contributed by atoms with Gasteiger partial charge in [-0.1, -0.05) is 43.2 Å². The van der Waals surface area contributed by atoms with Crippen molar-refractivity contribution in [2.45, 2.75) is 25.7 Å². The zero-order valence-corrected chi connectivity index (χ0v) is 14.6. The molecule has 1 aliphatic heterocycles. The van der Waals surface area contributed by atoms with Gasteiger partial charge in [-0.2, -0.15) is 0 Å². The number of hydrogen-bond donors (Lipinski definition) is 1. The van der Waals surface area contributed by atoms with Crippen LogP contribution in [-0.4, -0.2) is 34.1 Å². The topological polar surface area (TPSA) is 66.3 Å². The van der Waals surface area contributed by atoms with Crippen LogP contribution in [0.15, 0.2) is 48.5 Å². The summed E-state index contributed by atoms with van der Waals surface area (Å²) < 4.78 is 0. The summed E-state index contributed by atoms with van der Waals surface area (Å²) in [5.41, 5.74) is 3.48. The minimum Gasteiger partial charge on any atom is -0.478 e. The zero-order valence-electron chi connectivity index (χ0n) is 14.6. The first-order valence-corrected chi connectivity index (χ1v) is 9.08. The first kappa shape index (κ1) is 16.5. The molecule has 0 amide bonds. The molecule has 4 rings (SSSR count).